The van der Waals surface area contributed by atoms with Gasteiger partial charge in [-0.15, -0.1) is 0 Å². The summed E-state index contributed by atoms with van der Waals surface area (Å²) in [6.45, 7) is 3.12. The first-order valence-electron chi connectivity index (χ1n) is 8.06. The maximum Gasteiger partial charge on any atom is 0.326 e. The van der Waals surface area contributed by atoms with Gasteiger partial charge < -0.3 is 10.4 Å². The molecule has 0 spiro atoms. The van der Waals surface area contributed by atoms with Gasteiger partial charge in [-0.3, -0.25) is 9.52 Å². The molecule has 0 fully saturated rings. The fraction of sp³-hybridized carbons (Fsp3) is 0.222. The van der Waals surface area contributed by atoms with Gasteiger partial charge >= 0.3 is 5.97 Å². The van der Waals surface area contributed by atoms with Crippen molar-refractivity contribution in [1.29, 1.82) is 0 Å². The van der Waals surface area contributed by atoms with E-state index in [2.05, 4.69) is 10.0 Å². The van der Waals surface area contributed by atoms with Crippen molar-refractivity contribution in [3.63, 3.8) is 0 Å². The van der Waals surface area contributed by atoms with Gasteiger partial charge in [-0.05, 0) is 61.4 Å². The summed E-state index contributed by atoms with van der Waals surface area (Å²) in [5.41, 5.74) is 0.661. The van der Waals surface area contributed by atoms with Gasteiger partial charge in [-0.25, -0.2) is 17.6 Å². The number of carbonyl (C=O) groups excluding carboxylic acids is 1. The number of rotatable bonds is 7. The van der Waals surface area contributed by atoms with Crippen LogP contribution in [0.5, 0.6) is 0 Å². The Labute approximate surface area is 156 Å². The number of carboxylic acids is 1. The summed E-state index contributed by atoms with van der Waals surface area (Å²) < 4.78 is 40.4. The number of hydrogen-bond acceptors (Lipinski definition) is 4. The van der Waals surface area contributed by atoms with Crippen LogP contribution in [-0.4, -0.2) is 31.4 Å². The summed E-state index contributed by atoms with van der Waals surface area (Å²) in [7, 11) is -3.92. The molecule has 0 saturated carbocycles. The number of sulfonamides is 1. The van der Waals surface area contributed by atoms with Crippen molar-refractivity contribution in [3.05, 3.63) is 59.4 Å². The van der Waals surface area contributed by atoms with Crippen LogP contribution in [-0.2, 0) is 14.8 Å². The number of anilines is 1. The molecule has 9 heteroatoms. The Kier molecular flexibility index (Phi) is 6.17. The first-order chi connectivity index (χ1) is 12.6. The average Bonchev–Trinajstić information content (AvgIpc) is 2.59. The number of aryl methyl sites for hydroxylation is 1. The van der Waals surface area contributed by atoms with Crippen molar-refractivity contribution in [3.8, 4) is 0 Å². The van der Waals surface area contributed by atoms with E-state index in [9.17, 15) is 22.4 Å². The molecular weight excluding hydrogens is 375 g/mol. The van der Waals surface area contributed by atoms with E-state index in [1.807, 2.05) is 0 Å². The van der Waals surface area contributed by atoms with E-state index >= 15 is 0 Å². The van der Waals surface area contributed by atoms with Crippen LogP contribution in [0.25, 0.3) is 0 Å². The first-order valence-corrected chi connectivity index (χ1v) is 9.55. The van der Waals surface area contributed by atoms with E-state index in [4.69, 9.17) is 5.11 Å². The lowest BCUT2D eigenvalue weighted by atomic mass is 10.1. The lowest BCUT2D eigenvalue weighted by Gasteiger charge is -2.13. The lowest BCUT2D eigenvalue weighted by molar-refractivity contribution is -0.139. The first kappa shape index (κ1) is 20.4. The number of aliphatic carboxylic acids is 1. The molecular formula is C18H19FN2O5S. The van der Waals surface area contributed by atoms with Crippen molar-refractivity contribution < 1.29 is 27.5 Å². The second-order valence-corrected chi connectivity index (χ2v) is 7.52. The fourth-order valence-electron chi connectivity index (χ4n) is 2.39. The SMILES string of the molecule is CCC(NC(=O)c1ccc(NS(=O)(=O)c2ccc(F)cc2C)cc1)C(=O)O. The summed E-state index contributed by atoms with van der Waals surface area (Å²) in [5.74, 6) is -2.24. The van der Waals surface area contributed by atoms with E-state index in [1.54, 1.807) is 6.92 Å². The Balaban J connectivity index is 2.15. The molecule has 144 valence electrons. The van der Waals surface area contributed by atoms with Crippen LogP contribution >= 0.6 is 0 Å². The van der Waals surface area contributed by atoms with Gasteiger partial charge in [0.2, 0.25) is 0 Å². The van der Waals surface area contributed by atoms with E-state index in [0.29, 0.717) is 0 Å². The second kappa shape index (κ2) is 8.17. The van der Waals surface area contributed by atoms with Crippen LogP contribution in [0.3, 0.4) is 0 Å². The molecule has 2 aromatic rings. The molecule has 27 heavy (non-hydrogen) atoms. The van der Waals surface area contributed by atoms with Gasteiger partial charge in [0, 0.05) is 11.3 Å². The summed E-state index contributed by atoms with van der Waals surface area (Å²) >= 11 is 0. The van der Waals surface area contributed by atoms with E-state index in [1.165, 1.54) is 37.3 Å². The van der Waals surface area contributed by atoms with Gasteiger partial charge in [0.05, 0.1) is 4.90 Å². The van der Waals surface area contributed by atoms with E-state index in [-0.39, 0.29) is 28.1 Å². The van der Waals surface area contributed by atoms with Crippen LogP contribution in [0.2, 0.25) is 0 Å². The zero-order chi connectivity index (χ0) is 20.2. The normalized spacial score (nSPS) is 12.3. The highest BCUT2D eigenvalue weighted by Gasteiger charge is 2.20. The molecule has 1 atom stereocenters. The second-order valence-electron chi connectivity index (χ2n) is 5.87. The maximum absolute atomic E-state index is 13.2. The monoisotopic (exact) mass is 394 g/mol. The molecule has 0 saturated heterocycles. The molecule has 0 radical (unpaired) electrons. The van der Waals surface area contributed by atoms with Crippen molar-refractivity contribution in [2.24, 2.45) is 0 Å². The third-order valence-corrected chi connectivity index (χ3v) is 5.38. The number of benzene rings is 2. The van der Waals surface area contributed by atoms with Gasteiger partial charge in [0.25, 0.3) is 15.9 Å². The Morgan fingerprint density at radius 1 is 1.15 bits per heavy atom. The quantitative estimate of drug-likeness (QED) is 0.668. The third-order valence-electron chi connectivity index (χ3n) is 3.84. The van der Waals surface area contributed by atoms with Gasteiger partial charge in [-0.2, -0.15) is 0 Å². The van der Waals surface area contributed by atoms with Crippen LogP contribution in [0, 0.1) is 12.7 Å². The number of nitrogens with one attached hydrogen (secondary N) is 2. The number of carbonyl (C=O) groups is 2. The largest absolute Gasteiger partial charge is 0.480 e. The van der Waals surface area contributed by atoms with E-state index in [0.717, 1.165) is 12.1 Å². The predicted octanol–water partition coefficient (Wildman–Crippen LogP) is 2.53. The molecule has 1 unspecified atom stereocenters. The number of carboxylic acid groups (broad SMARTS) is 1. The summed E-state index contributed by atoms with van der Waals surface area (Å²) in [4.78, 5) is 23.0. The summed E-state index contributed by atoms with van der Waals surface area (Å²) in [5, 5.41) is 11.3. The van der Waals surface area contributed by atoms with Crippen LogP contribution in [0.1, 0.15) is 29.3 Å². The van der Waals surface area contributed by atoms with Gasteiger partial charge in [0.15, 0.2) is 0 Å². The number of amides is 1. The number of halogens is 1. The molecule has 0 aliphatic rings. The minimum Gasteiger partial charge on any atom is -0.480 e. The standard InChI is InChI=1S/C18H19FN2O5S/c1-3-15(18(23)24)20-17(22)12-4-7-14(8-5-12)21-27(25,26)16-9-6-13(19)10-11(16)2/h4-10,15,21H,3H2,1-2H3,(H,20,22)(H,23,24). The van der Waals surface area contributed by atoms with Gasteiger partial charge in [0.1, 0.15) is 11.9 Å². The summed E-state index contributed by atoms with van der Waals surface area (Å²) in [6.07, 6.45) is 0.232. The smallest absolute Gasteiger partial charge is 0.326 e. The highest BCUT2D eigenvalue weighted by atomic mass is 32.2. The van der Waals surface area contributed by atoms with Gasteiger partial charge in [-0.1, -0.05) is 6.92 Å². The minimum absolute atomic E-state index is 0.0574. The van der Waals surface area contributed by atoms with Crippen LogP contribution in [0.15, 0.2) is 47.4 Å². The lowest BCUT2D eigenvalue weighted by Crippen LogP contribution is -2.40. The predicted molar refractivity (Wildman–Crippen MR) is 97.6 cm³/mol. The van der Waals surface area contributed by atoms with Crippen molar-refractivity contribution in [1.82, 2.24) is 5.32 Å². The Bertz CT molecular complexity index is 958. The van der Waals surface area contributed by atoms with Crippen LogP contribution in [0.4, 0.5) is 10.1 Å². The molecule has 2 aromatic carbocycles. The highest BCUT2D eigenvalue weighted by Crippen LogP contribution is 2.20. The zero-order valence-corrected chi connectivity index (χ0v) is 15.5. The molecule has 2 rings (SSSR count). The highest BCUT2D eigenvalue weighted by molar-refractivity contribution is 7.92. The topological polar surface area (TPSA) is 113 Å². The van der Waals surface area contributed by atoms with Crippen LogP contribution < -0.4 is 10.0 Å². The Hall–Kier alpha value is -2.94. The molecule has 0 bridgehead atoms. The van der Waals surface area contributed by atoms with E-state index < -0.39 is 33.8 Å². The molecule has 7 nitrogen and oxygen atoms in total. The maximum atomic E-state index is 13.2. The third kappa shape index (κ3) is 5.04. The molecule has 0 heterocycles. The summed E-state index contributed by atoms with van der Waals surface area (Å²) in [6, 6.07) is 7.86. The average molecular weight is 394 g/mol. The molecule has 3 N–H and O–H groups in total. The Morgan fingerprint density at radius 2 is 1.78 bits per heavy atom. The zero-order valence-electron chi connectivity index (χ0n) is 14.7. The minimum atomic E-state index is -3.92. The van der Waals surface area contributed by atoms with Crippen molar-refractivity contribution in [2.75, 3.05) is 4.72 Å². The Morgan fingerprint density at radius 3 is 2.30 bits per heavy atom. The molecule has 1 amide bonds. The van der Waals surface area contributed by atoms with Crippen molar-refractivity contribution in [2.45, 2.75) is 31.2 Å². The molecule has 0 aliphatic heterocycles. The molecule has 0 aliphatic carbocycles. The number of hydrogen-bond donors (Lipinski definition) is 3. The fourth-order valence-corrected chi connectivity index (χ4v) is 3.68. The molecule has 0 aromatic heterocycles. The van der Waals surface area contributed by atoms with Crippen molar-refractivity contribution >= 4 is 27.6 Å².